The van der Waals surface area contributed by atoms with Crippen molar-refractivity contribution in [3.63, 3.8) is 0 Å². The van der Waals surface area contributed by atoms with Crippen LogP contribution in [0.4, 0.5) is 0 Å². The molecule has 1 heterocycles. The fraction of sp³-hybridized carbons (Fsp3) is 0.0556. The highest BCUT2D eigenvalue weighted by Crippen LogP contribution is 2.21. The third kappa shape index (κ3) is 3.24. The highest BCUT2D eigenvalue weighted by atomic mass is 127. The van der Waals surface area contributed by atoms with Crippen LogP contribution in [0.3, 0.4) is 0 Å². The number of rotatable bonds is 3. The van der Waals surface area contributed by atoms with Crippen molar-refractivity contribution in [2.75, 3.05) is 0 Å². The first-order valence-electron chi connectivity index (χ1n) is 7.01. The molecule has 2 aromatic carbocycles. The molecule has 0 atom stereocenters. The first kappa shape index (κ1) is 15.6. The molecule has 0 aliphatic heterocycles. The van der Waals surface area contributed by atoms with E-state index in [2.05, 4.69) is 27.7 Å². The molecule has 23 heavy (non-hydrogen) atoms. The van der Waals surface area contributed by atoms with E-state index in [1.807, 2.05) is 31.2 Å². The van der Waals surface area contributed by atoms with Gasteiger partial charge in [-0.3, -0.25) is 9.59 Å². The maximum Gasteiger partial charge on any atom is 0.271 e. The smallest absolute Gasteiger partial charge is 0.271 e. The SMILES string of the molecule is Cc1cc(=O)n(-c2ccc(C=O)cc2)nc1-c1ccc(I)cc1. The summed E-state index contributed by atoms with van der Waals surface area (Å²) < 4.78 is 2.50. The van der Waals surface area contributed by atoms with Gasteiger partial charge in [-0.25, -0.2) is 0 Å². The second-order valence-corrected chi connectivity index (χ2v) is 6.39. The summed E-state index contributed by atoms with van der Waals surface area (Å²) in [6, 6.07) is 16.3. The predicted molar refractivity (Wildman–Crippen MR) is 98.1 cm³/mol. The normalized spacial score (nSPS) is 10.5. The van der Waals surface area contributed by atoms with Crippen LogP contribution in [0.25, 0.3) is 16.9 Å². The summed E-state index contributed by atoms with van der Waals surface area (Å²) in [4.78, 5) is 23.0. The van der Waals surface area contributed by atoms with Gasteiger partial charge in [0.15, 0.2) is 0 Å². The largest absolute Gasteiger partial charge is 0.298 e. The first-order chi connectivity index (χ1) is 11.1. The number of aryl methyl sites for hydroxylation is 1. The molecule has 0 unspecified atom stereocenters. The van der Waals surface area contributed by atoms with Gasteiger partial charge in [0.1, 0.15) is 6.29 Å². The van der Waals surface area contributed by atoms with Crippen LogP contribution in [0.2, 0.25) is 0 Å². The molecule has 0 spiro atoms. The molecule has 4 nitrogen and oxygen atoms in total. The number of aromatic nitrogens is 2. The minimum Gasteiger partial charge on any atom is -0.298 e. The van der Waals surface area contributed by atoms with Crippen molar-refractivity contribution < 1.29 is 4.79 Å². The molecule has 5 heteroatoms. The van der Waals surface area contributed by atoms with Crippen molar-refractivity contribution in [1.29, 1.82) is 0 Å². The second-order valence-electron chi connectivity index (χ2n) is 5.14. The number of nitrogens with zero attached hydrogens (tertiary/aromatic N) is 2. The van der Waals surface area contributed by atoms with Crippen LogP contribution in [0.5, 0.6) is 0 Å². The summed E-state index contributed by atoms with van der Waals surface area (Å²) in [5, 5.41) is 4.51. The van der Waals surface area contributed by atoms with Crippen LogP contribution >= 0.6 is 22.6 Å². The molecule has 0 saturated heterocycles. The minimum absolute atomic E-state index is 0.199. The summed E-state index contributed by atoms with van der Waals surface area (Å²) in [7, 11) is 0. The molecule has 0 radical (unpaired) electrons. The summed E-state index contributed by atoms with van der Waals surface area (Å²) >= 11 is 2.25. The standard InChI is InChI=1S/C18H13IN2O2/c1-12-10-17(23)21(16-8-2-13(11-22)3-9-16)20-18(12)14-4-6-15(19)7-5-14/h2-11H,1H3. The number of aldehydes is 1. The van der Waals surface area contributed by atoms with Crippen LogP contribution in [-0.4, -0.2) is 16.1 Å². The highest BCUT2D eigenvalue weighted by molar-refractivity contribution is 14.1. The third-order valence-electron chi connectivity index (χ3n) is 3.51. The van der Waals surface area contributed by atoms with Crippen molar-refractivity contribution in [2.24, 2.45) is 0 Å². The van der Waals surface area contributed by atoms with E-state index >= 15 is 0 Å². The van der Waals surface area contributed by atoms with E-state index < -0.39 is 0 Å². The molecule has 0 fully saturated rings. The lowest BCUT2D eigenvalue weighted by molar-refractivity contribution is 0.112. The fourth-order valence-corrected chi connectivity index (χ4v) is 2.67. The van der Waals surface area contributed by atoms with Crippen molar-refractivity contribution in [1.82, 2.24) is 9.78 Å². The molecule has 0 aliphatic carbocycles. The zero-order valence-electron chi connectivity index (χ0n) is 12.4. The van der Waals surface area contributed by atoms with Crippen LogP contribution in [0.15, 0.2) is 59.4 Å². The van der Waals surface area contributed by atoms with E-state index in [1.54, 1.807) is 30.3 Å². The third-order valence-corrected chi connectivity index (χ3v) is 4.23. The van der Waals surface area contributed by atoms with Crippen LogP contribution in [0.1, 0.15) is 15.9 Å². The van der Waals surface area contributed by atoms with Gasteiger partial charge in [0.05, 0.1) is 11.4 Å². The lowest BCUT2D eigenvalue weighted by Gasteiger charge is -2.10. The summed E-state index contributed by atoms with van der Waals surface area (Å²) in [6.45, 7) is 1.88. The van der Waals surface area contributed by atoms with Gasteiger partial charge in [-0.1, -0.05) is 12.1 Å². The Morgan fingerprint density at radius 1 is 1.04 bits per heavy atom. The average Bonchev–Trinajstić information content (AvgIpc) is 2.56. The van der Waals surface area contributed by atoms with Crippen LogP contribution in [0, 0.1) is 10.5 Å². The Kier molecular flexibility index (Phi) is 4.38. The maximum absolute atomic E-state index is 12.3. The topological polar surface area (TPSA) is 52.0 Å². The second kappa shape index (κ2) is 6.45. The molecule has 3 aromatic rings. The van der Waals surface area contributed by atoms with Gasteiger partial charge < -0.3 is 0 Å². The molecular formula is C18H13IN2O2. The molecule has 114 valence electrons. The van der Waals surface area contributed by atoms with E-state index in [0.29, 0.717) is 11.3 Å². The molecule has 1 aromatic heterocycles. The number of carbonyl (C=O) groups excluding carboxylic acids is 1. The molecular weight excluding hydrogens is 403 g/mol. The summed E-state index contributed by atoms with van der Waals surface area (Å²) in [5.74, 6) is 0. The van der Waals surface area contributed by atoms with E-state index in [9.17, 15) is 9.59 Å². The van der Waals surface area contributed by atoms with Crippen LogP contribution in [-0.2, 0) is 0 Å². The summed E-state index contributed by atoms with van der Waals surface area (Å²) in [5.41, 5.74) is 3.55. The molecule has 0 N–H and O–H groups in total. The molecule has 0 amide bonds. The minimum atomic E-state index is -0.199. The van der Waals surface area contributed by atoms with Crippen LogP contribution < -0.4 is 5.56 Å². The molecule has 3 rings (SSSR count). The van der Waals surface area contributed by atoms with Crippen molar-refractivity contribution in [2.45, 2.75) is 6.92 Å². The van der Waals surface area contributed by atoms with E-state index in [4.69, 9.17) is 0 Å². The van der Waals surface area contributed by atoms with Crippen molar-refractivity contribution >= 4 is 28.9 Å². The quantitative estimate of drug-likeness (QED) is 0.484. The Labute approximate surface area is 146 Å². The zero-order valence-corrected chi connectivity index (χ0v) is 14.5. The van der Waals surface area contributed by atoms with E-state index in [-0.39, 0.29) is 5.56 Å². The van der Waals surface area contributed by atoms with Crippen molar-refractivity contribution in [3.05, 3.63) is 79.6 Å². The lowest BCUT2D eigenvalue weighted by Crippen LogP contribution is -2.21. The van der Waals surface area contributed by atoms with Crippen molar-refractivity contribution in [3.8, 4) is 16.9 Å². The Morgan fingerprint density at radius 3 is 2.30 bits per heavy atom. The van der Waals surface area contributed by atoms with E-state index in [1.165, 1.54) is 4.68 Å². The number of halogens is 1. The van der Waals surface area contributed by atoms with Gasteiger partial charge in [0, 0.05) is 20.8 Å². The van der Waals surface area contributed by atoms with E-state index in [0.717, 1.165) is 26.7 Å². The Balaban J connectivity index is 2.14. The number of hydrogen-bond acceptors (Lipinski definition) is 3. The van der Waals surface area contributed by atoms with Gasteiger partial charge in [0.2, 0.25) is 0 Å². The fourth-order valence-electron chi connectivity index (χ4n) is 2.32. The average molecular weight is 416 g/mol. The van der Waals surface area contributed by atoms with Gasteiger partial charge in [0.25, 0.3) is 5.56 Å². The number of carbonyl (C=O) groups is 1. The molecule has 0 bridgehead atoms. The molecule has 0 aliphatic rings. The lowest BCUT2D eigenvalue weighted by atomic mass is 10.1. The summed E-state index contributed by atoms with van der Waals surface area (Å²) in [6.07, 6.45) is 0.770. The Morgan fingerprint density at radius 2 is 1.70 bits per heavy atom. The predicted octanol–water partition coefficient (Wildman–Crippen LogP) is 3.63. The number of hydrogen-bond donors (Lipinski definition) is 0. The molecule has 0 saturated carbocycles. The van der Waals surface area contributed by atoms with Gasteiger partial charge in [-0.15, -0.1) is 0 Å². The monoisotopic (exact) mass is 416 g/mol. The Bertz CT molecular complexity index is 913. The van der Waals surface area contributed by atoms with Gasteiger partial charge >= 0.3 is 0 Å². The zero-order chi connectivity index (χ0) is 16.4. The number of benzene rings is 2. The first-order valence-corrected chi connectivity index (χ1v) is 8.09. The van der Waals surface area contributed by atoms with Gasteiger partial charge in [-0.2, -0.15) is 9.78 Å². The Hall–Kier alpha value is -2.28. The maximum atomic E-state index is 12.3. The van der Waals surface area contributed by atoms with Gasteiger partial charge in [-0.05, 0) is 71.5 Å². The highest BCUT2D eigenvalue weighted by Gasteiger charge is 2.09.